The molecule has 0 amide bonds. The van der Waals surface area contributed by atoms with Crippen molar-refractivity contribution in [2.24, 2.45) is 0 Å². The van der Waals surface area contributed by atoms with E-state index in [4.69, 9.17) is 4.74 Å². The second-order valence-electron chi connectivity index (χ2n) is 8.19. The van der Waals surface area contributed by atoms with Crippen molar-refractivity contribution in [2.75, 3.05) is 19.7 Å². The molecule has 0 heterocycles. The number of carbonyl (C=O) groups is 1. The smallest absolute Gasteiger partial charge is 0.306 e. The highest BCUT2D eigenvalue weighted by Gasteiger charge is 2.10. The van der Waals surface area contributed by atoms with Gasteiger partial charge in [-0.25, -0.2) is 0 Å². The molecule has 0 aliphatic carbocycles. The van der Waals surface area contributed by atoms with Crippen molar-refractivity contribution in [1.29, 1.82) is 0 Å². The van der Waals surface area contributed by atoms with E-state index in [1.54, 1.807) is 12.1 Å². The van der Waals surface area contributed by atoms with Crippen LogP contribution >= 0.6 is 0 Å². The maximum atomic E-state index is 12.1. The molecular weight excluding hydrogens is 418 g/mol. The Morgan fingerprint density at radius 3 is 2.64 bits per heavy atom. The van der Waals surface area contributed by atoms with Crippen LogP contribution in [0.15, 0.2) is 60.7 Å². The molecule has 0 bridgehead atoms. The van der Waals surface area contributed by atoms with Crippen molar-refractivity contribution in [3.63, 3.8) is 0 Å². The van der Waals surface area contributed by atoms with E-state index in [9.17, 15) is 20.1 Å². The molecule has 0 fully saturated rings. The van der Waals surface area contributed by atoms with E-state index in [-0.39, 0.29) is 18.3 Å². The fraction of sp³-hybridized carbons (Fsp3) is 0.370. The van der Waals surface area contributed by atoms with Crippen LogP contribution in [0.1, 0.15) is 48.5 Å². The van der Waals surface area contributed by atoms with Crippen LogP contribution in [-0.4, -0.2) is 41.0 Å². The third-order valence-electron chi connectivity index (χ3n) is 5.74. The zero-order valence-electron chi connectivity index (χ0n) is 18.9. The van der Waals surface area contributed by atoms with Crippen molar-refractivity contribution in [3.8, 4) is 5.75 Å². The van der Waals surface area contributed by atoms with E-state index < -0.39 is 6.10 Å². The number of unbranched alkanes of at least 4 members (excludes halogenated alkanes) is 2. The summed E-state index contributed by atoms with van der Waals surface area (Å²) in [7, 11) is 0. The zero-order chi connectivity index (χ0) is 23.5. The quantitative estimate of drug-likeness (QED) is 0.232. The molecule has 0 aliphatic rings. The number of nitrogens with one attached hydrogen (secondary N) is 1. The number of esters is 1. The predicted octanol–water partition coefficient (Wildman–Crippen LogP) is 4.01. The number of aryl methyl sites for hydroxylation is 1. The standard InChI is InChI=1S/C27H33NO5/c29-19-23-17-22(11-13-25(23)30)26(31)18-28-15-4-1-5-16-33-27(32)14-12-21-9-6-8-20-7-2-3-10-24(20)21/h2-3,6-11,13,17,26,28-31H,1,4-5,12,14-16,18-19H2. The van der Waals surface area contributed by atoms with Gasteiger partial charge in [-0.1, -0.05) is 48.5 Å². The summed E-state index contributed by atoms with van der Waals surface area (Å²) in [5.74, 6) is -0.143. The van der Waals surface area contributed by atoms with Crippen molar-refractivity contribution in [3.05, 3.63) is 77.4 Å². The average molecular weight is 452 g/mol. The summed E-state index contributed by atoms with van der Waals surface area (Å²) in [4.78, 5) is 12.1. The zero-order valence-corrected chi connectivity index (χ0v) is 18.9. The number of rotatable bonds is 13. The first-order chi connectivity index (χ1) is 16.1. The fourth-order valence-electron chi connectivity index (χ4n) is 3.83. The summed E-state index contributed by atoms with van der Waals surface area (Å²) in [6, 6.07) is 19.1. The summed E-state index contributed by atoms with van der Waals surface area (Å²) in [6.07, 6.45) is 2.99. The summed E-state index contributed by atoms with van der Waals surface area (Å²) in [5, 5.41) is 34.6. The number of ether oxygens (including phenoxy) is 1. The van der Waals surface area contributed by atoms with Gasteiger partial charge in [0, 0.05) is 18.5 Å². The van der Waals surface area contributed by atoms with Gasteiger partial charge in [0.05, 0.1) is 19.3 Å². The van der Waals surface area contributed by atoms with E-state index in [1.165, 1.54) is 22.4 Å². The van der Waals surface area contributed by atoms with Crippen LogP contribution in [0.2, 0.25) is 0 Å². The molecule has 3 aromatic rings. The second kappa shape index (κ2) is 12.9. The second-order valence-corrected chi connectivity index (χ2v) is 8.19. The first kappa shape index (κ1) is 24.7. The molecule has 0 aromatic heterocycles. The third kappa shape index (κ3) is 7.56. The minimum absolute atomic E-state index is 0.0238. The number of phenols is 1. The first-order valence-electron chi connectivity index (χ1n) is 11.5. The number of fused-ring (bicyclic) bond motifs is 1. The van der Waals surface area contributed by atoms with Gasteiger partial charge in [0.25, 0.3) is 0 Å². The van der Waals surface area contributed by atoms with Gasteiger partial charge in [-0.15, -0.1) is 0 Å². The molecule has 0 saturated carbocycles. The molecule has 6 nitrogen and oxygen atoms in total. The number of hydrogen-bond acceptors (Lipinski definition) is 6. The Bertz CT molecular complexity index is 1030. The van der Waals surface area contributed by atoms with Gasteiger partial charge in [-0.3, -0.25) is 4.79 Å². The Labute approximate surface area is 194 Å². The number of hydrogen-bond donors (Lipinski definition) is 4. The van der Waals surface area contributed by atoms with Crippen LogP contribution in [0, 0.1) is 0 Å². The maximum absolute atomic E-state index is 12.1. The van der Waals surface area contributed by atoms with Gasteiger partial charge in [0.1, 0.15) is 5.75 Å². The van der Waals surface area contributed by atoms with E-state index in [0.29, 0.717) is 37.1 Å². The Hall–Kier alpha value is -2.93. The summed E-state index contributed by atoms with van der Waals surface area (Å²) in [6.45, 7) is 1.29. The number of aromatic hydroxyl groups is 1. The maximum Gasteiger partial charge on any atom is 0.306 e. The van der Waals surface area contributed by atoms with Crippen molar-refractivity contribution >= 4 is 16.7 Å². The van der Waals surface area contributed by atoms with Gasteiger partial charge in [0.2, 0.25) is 0 Å². The van der Waals surface area contributed by atoms with Crippen LogP contribution in [0.3, 0.4) is 0 Å². The number of aliphatic hydroxyl groups excluding tert-OH is 2. The molecule has 1 unspecified atom stereocenters. The lowest BCUT2D eigenvalue weighted by atomic mass is 10.0. The minimum atomic E-state index is -0.710. The van der Waals surface area contributed by atoms with Gasteiger partial charge >= 0.3 is 5.97 Å². The van der Waals surface area contributed by atoms with Crippen LogP contribution in [-0.2, 0) is 22.6 Å². The lowest BCUT2D eigenvalue weighted by molar-refractivity contribution is -0.143. The molecule has 0 saturated heterocycles. The molecule has 1 atom stereocenters. The van der Waals surface area contributed by atoms with Crippen LogP contribution < -0.4 is 5.32 Å². The summed E-state index contributed by atoms with van der Waals surface area (Å²) < 4.78 is 5.37. The Balaban J connectivity index is 1.25. The molecule has 176 valence electrons. The van der Waals surface area contributed by atoms with Crippen LogP contribution in [0.4, 0.5) is 0 Å². The molecule has 4 N–H and O–H groups in total. The topological polar surface area (TPSA) is 99.0 Å². The molecular formula is C27H33NO5. The lowest BCUT2D eigenvalue weighted by Crippen LogP contribution is -2.22. The van der Waals surface area contributed by atoms with Crippen molar-refractivity contribution < 1.29 is 24.9 Å². The minimum Gasteiger partial charge on any atom is -0.508 e. The van der Waals surface area contributed by atoms with E-state index in [2.05, 4.69) is 29.6 Å². The average Bonchev–Trinajstić information content (AvgIpc) is 2.84. The molecule has 0 aliphatic heterocycles. The highest BCUT2D eigenvalue weighted by molar-refractivity contribution is 5.86. The van der Waals surface area contributed by atoms with Crippen molar-refractivity contribution in [2.45, 2.75) is 44.8 Å². The Kier molecular flexibility index (Phi) is 9.69. The third-order valence-corrected chi connectivity index (χ3v) is 5.74. The van der Waals surface area contributed by atoms with Crippen LogP contribution in [0.25, 0.3) is 10.8 Å². The highest BCUT2D eigenvalue weighted by atomic mass is 16.5. The monoisotopic (exact) mass is 451 g/mol. The SMILES string of the molecule is O=C(CCc1cccc2ccccc12)OCCCCCNCC(O)c1ccc(O)c(CO)c1. The van der Waals surface area contributed by atoms with E-state index in [0.717, 1.165) is 25.8 Å². The fourth-order valence-corrected chi connectivity index (χ4v) is 3.83. The highest BCUT2D eigenvalue weighted by Crippen LogP contribution is 2.22. The molecule has 6 heteroatoms. The van der Waals surface area contributed by atoms with Crippen LogP contribution in [0.5, 0.6) is 5.75 Å². The van der Waals surface area contributed by atoms with Gasteiger partial charge in [0.15, 0.2) is 0 Å². The first-order valence-corrected chi connectivity index (χ1v) is 11.5. The molecule has 3 aromatic carbocycles. The molecule has 0 spiro atoms. The Morgan fingerprint density at radius 1 is 0.970 bits per heavy atom. The largest absolute Gasteiger partial charge is 0.508 e. The molecule has 3 rings (SSSR count). The van der Waals surface area contributed by atoms with Gasteiger partial charge in [-0.05, 0) is 66.3 Å². The number of aliphatic hydroxyl groups is 2. The van der Waals surface area contributed by atoms with Crippen molar-refractivity contribution in [1.82, 2.24) is 5.32 Å². The van der Waals surface area contributed by atoms with Gasteiger partial charge in [-0.2, -0.15) is 0 Å². The van der Waals surface area contributed by atoms with E-state index >= 15 is 0 Å². The van der Waals surface area contributed by atoms with E-state index in [1.807, 2.05) is 18.2 Å². The lowest BCUT2D eigenvalue weighted by Gasteiger charge is -2.14. The summed E-state index contributed by atoms with van der Waals surface area (Å²) >= 11 is 0. The predicted molar refractivity (Wildman–Crippen MR) is 129 cm³/mol. The molecule has 33 heavy (non-hydrogen) atoms. The molecule has 0 radical (unpaired) electrons. The number of carbonyl (C=O) groups excluding carboxylic acids is 1. The summed E-state index contributed by atoms with van der Waals surface area (Å²) in [5.41, 5.74) is 2.22. The van der Waals surface area contributed by atoms with Gasteiger partial charge < -0.3 is 25.4 Å². The normalized spacial score (nSPS) is 12.1. The number of benzene rings is 3. The Morgan fingerprint density at radius 2 is 1.79 bits per heavy atom.